The second-order valence-electron chi connectivity index (χ2n) is 5.40. The van der Waals surface area contributed by atoms with Gasteiger partial charge in [0.05, 0.1) is 12.2 Å². The smallest absolute Gasteiger partial charge is 0.283 e. The van der Waals surface area contributed by atoms with Gasteiger partial charge in [0.15, 0.2) is 0 Å². The van der Waals surface area contributed by atoms with Crippen LogP contribution in [0.3, 0.4) is 0 Å². The number of carbonyl (C=O) groups excluding carboxylic acids is 1. The molecule has 5 heteroatoms. The summed E-state index contributed by atoms with van der Waals surface area (Å²) in [4.78, 5) is 12.0. The van der Waals surface area contributed by atoms with Crippen LogP contribution >= 0.6 is 0 Å². The highest BCUT2D eigenvalue weighted by Gasteiger charge is 2.15. The van der Waals surface area contributed by atoms with E-state index in [-0.39, 0.29) is 5.91 Å². The number of carbonyl (C=O) groups is 1. The van der Waals surface area contributed by atoms with Crippen LogP contribution in [-0.4, -0.2) is 15.7 Å². The average Bonchev–Trinajstić information content (AvgIpc) is 2.99. The van der Waals surface area contributed by atoms with E-state index in [0.717, 1.165) is 16.8 Å². The summed E-state index contributed by atoms with van der Waals surface area (Å²) in [5.74, 6) is 4.94. The average molecular weight is 306 g/mol. The summed E-state index contributed by atoms with van der Waals surface area (Å²) in [6.07, 6.45) is 0. The van der Waals surface area contributed by atoms with E-state index in [2.05, 4.69) is 10.5 Å². The molecule has 0 aliphatic heterocycles. The van der Waals surface area contributed by atoms with E-state index >= 15 is 0 Å². The van der Waals surface area contributed by atoms with Gasteiger partial charge in [-0.05, 0) is 18.6 Å². The fourth-order valence-electron chi connectivity index (χ4n) is 2.42. The Morgan fingerprint density at radius 1 is 1.13 bits per heavy atom. The van der Waals surface area contributed by atoms with E-state index in [0.29, 0.717) is 12.2 Å². The standard InChI is InChI=1S/C18H18N4O/c1-13-7-9-15(10-8-13)16-11-17(18(23)20-19)22(21-16)12-14-5-3-2-4-6-14/h2-11H,12,19H2,1H3,(H,20,23). The van der Waals surface area contributed by atoms with Crippen LogP contribution in [0.2, 0.25) is 0 Å². The van der Waals surface area contributed by atoms with Crippen molar-refractivity contribution < 1.29 is 4.79 Å². The molecule has 0 saturated heterocycles. The molecule has 0 aliphatic carbocycles. The van der Waals surface area contributed by atoms with Crippen molar-refractivity contribution in [1.29, 1.82) is 0 Å². The molecule has 0 aliphatic rings. The number of aromatic nitrogens is 2. The summed E-state index contributed by atoms with van der Waals surface area (Å²) in [6.45, 7) is 2.54. The van der Waals surface area contributed by atoms with Crippen molar-refractivity contribution in [3.63, 3.8) is 0 Å². The molecule has 0 bridgehead atoms. The lowest BCUT2D eigenvalue weighted by Gasteiger charge is -2.06. The summed E-state index contributed by atoms with van der Waals surface area (Å²) >= 11 is 0. The molecule has 1 amide bonds. The second kappa shape index (κ2) is 6.46. The van der Waals surface area contributed by atoms with Gasteiger partial charge in [0, 0.05) is 5.56 Å². The monoisotopic (exact) mass is 306 g/mol. The first-order valence-corrected chi connectivity index (χ1v) is 7.37. The van der Waals surface area contributed by atoms with Gasteiger partial charge in [-0.3, -0.25) is 14.9 Å². The van der Waals surface area contributed by atoms with Crippen LogP contribution in [0.5, 0.6) is 0 Å². The number of nitrogen functional groups attached to an aromatic ring is 1. The molecule has 2 aromatic carbocycles. The van der Waals surface area contributed by atoms with Crippen LogP contribution in [0.25, 0.3) is 11.3 Å². The number of hydrogen-bond acceptors (Lipinski definition) is 3. The molecule has 3 aromatic rings. The number of nitrogens with one attached hydrogen (secondary N) is 1. The molecule has 1 aromatic heterocycles. The lowest BCUT2D eigenvalue weighted by molar-refractivity contribution is 0.0943. The van der Waals surface area contributed by atoms with Gasteiger partial charge in [-0.2, -0.15) is 5.10 Å². The number of aryl methyl sites for hydroxylation is 1. The van der Waals surface area contributed by atoms with E-state index < -0.39 is 0 Å². The molecule has 23 heavy (non-hydrogen) atoms. The number of hydrogen-bond donors (Lipinski definition) is 2. The Morgan fingerprint density at radius 2 is 1.83 bits per heavy atom. The number of benzene rings is 2. The Kier molecular flexibility index (Phi) is 4.21. The zero-order valence-electron chi connectivity index (χ0n) is 12.9. The van der Waals surface area contributed by atoms with Crippen molar-refractivity contribution in [2.24, 2.45) is 5.84 Å². The maximum absolute atomic E-state index is 12.0. The summed E-state index contributed by atoms with van der Waals surface area (Å²) in [7, 11) is 0. The van der Waals surface area contributed by atoms with Crippen molar-refractivity contribution in [3.8, 4) is 11.3 Å². The van der Waals surface area contributed by atoms with E-state index in [1.54, 1.807) is 10.7 Å². The first-order valence-electron chi connectivity index (χ1n) is 7.37. The Bertz CT molecular complexity index is 807. The predicted octanol–water partition coefficient (Wildman–Crippen LogP) is 2.51. The van der Waals surface area contributed by atoms with Gasteiger partial charge < -0.3 is 0 Å². The van der Waals surface area contributed by atoms with E-state index in [4.69, 9.17) is 5.84 Å². The van der Waals surface area contributed by atoms with Crippen LogP contribution < -0.4 is 11.3 Å². The lowest BCUT2D eigenvalue weighted by atomic mass is 10.1. The third-order valence-electron chi connectivity index (χ3n) is 3.67. The van der Waals surface area contributed by atoms with Gasteiger partial charge in [-0.15, -0.1) is 0 Å². The molecule has 3 rings (SSSR count). The molecule has 0 radical (unpaired) electrons. The largest absolute Gasteiger partial charge is 0.289 e. The fraction of sp³-hybridized carbons (Fsp3) is 0.111. The maximum atomic E-state index is 12.0. The number of amides is 1. The van der Waals surface area contributed by atoms with Crippen molar-refractivity contribution in [2.45, 2.75) is 13.5 Å². The van der Waals surface area contributed by atoms with E-state index in [1.165, 1.54) is 5.56 Å². The van der Waals surface area contributed by atoms with Crippen molar-refractivity contribution in [2.75, 3.05) is 0 Å². The highest BCUT2D eigenvalue weighted by Crippen LogP contribution is 2.20. The summed E-state index contributed by atoms with van der Waals surface area (Å²) < 4.78 is 1.67. The van der Waals surface area contributed by atoms with E-state index in [1.807, 2.05) is 61.5 Å². The number of nitrogens with zero attached hydrogens (tertiary/aromatic N) is 2. The van der Waals surface area contributed by atoms with Crippen molar-refractivity contribution >= 4 is 5.91 Å². The minimum atomic E-state index is -0.355. The SMILES string of the molecule is Cc1ccc(-c2cc(C(=O)NN)n(Cc3ccccc3)n2)cc1. The van der Waals surface area contributed by atoms with Gasteiger partial charge in [0.25, 0.3) is 5.91 Å². The van der Waals surface area contributed by atoms with Gasteiger partial charge >= 0.3 is 0 Å². The molecule has 5 nitrogen and oxygen atoms in total. The Hall–Kier alpha value is -2.92. The van der Waals surface area contributed by atoms with Crippen LogP contribution in [-0.2, 0) is 6.54 Å². The van der Waals surface area contributed by atoms with Crippen LogP contribution in [0, 0.1) is 6.92 Å². The van der Waals surface area contributed by atoms with Crippen LogP contribution in [0.15, 0.2) is 60.7 Å². The fourth-order valence-corrected chi connectivity index (χ4v) is 2.42. The first-order chi connectivity index (χ1) is 11.2. The topological polar surface area (TPSA) is 72.9 Å². The summed E-state index contributed by atoms with van der Waals surface area (Å²) in [5.41, 5.74) is 6.58. The predicted molar refractivity (Wildman–Crippen MR) is 89.6 cm³/mol. The minimum absolute atomic E-state index is 0.355. The van der Waals surface area contributed by atoms with E-state index in [9.17, 15) is 4.79 Å². The highest BCUT2D eigenvalue weighted by atomic mass is 16.2. The Morgan fingerprint density at radius 3 is 2.48 bits per heavy atom. The second-order valence-corrected chi connectivity index (χ2v) is 5.40. The number of rotatable bonds is 4. The summed E-state index contributed by atoms with van der Waals surface area (Å²) in [6, 6.07) is 19.7. The van der Waals surface area contributed by atoms with Gasteiger partial charge in [0.2, 0.25) is 0 Å². The number of nitrogens with two attached hydrogens (primary N) is 1. The minimum Gasteiger partial charge on any atom is -0.289 e. The Labute approximate surface area is 134 Å². The number of hydrazine groups is 1. The Balaban J connectivity index is 2.00. The highest BCUT2D eigenvalue weighted by molar-refractivity contribution is 5.93. The van der Waals surface area contributed by atoms with Crippen LogP contribution in [0.4, 0.5) is 0 Å². The third kappa shape index (κ3) is 3.30. The quantitative estimate of drug-likeness (QED) is 0.442. The van der Waals surface area contributed by atoms with Crippen LogP contribution in [0.1, 0.15) is 21.6 Å². The molecule has 3 N–H and O–H groups in total. The molecule has 0 spiro atoms. The zero-order chi connectivity index (χ0) is 16.2. The molecule has 1 heterocycles. The van der Waals surface area contributed by atoms with Crippen molar-refractivity contribution in [1.82, 2.24) is 15.2 Å². The summed E-state index contributed by atoms with van der Waals surface area (Å²) in [5, 5.41) is 4.57. The molecular weight excluding hydrogens is 288 g/mol. The zero-order valence-corrected chi connectivity index (χ0v) is 12.9. The third-order valence-corrected chi connectivity index (χ3v) is 3.67. The normalized spacial score (nSPS) is 10.5. The molecular formula is C18H18N4O. The molecule has 0 saturated carbocycles. The van der Waals surface area contributed by atoms with Gasteiger partial charge in [0.1, 0.15) is 5.69 Å². The van der Waals surface area contributed by atoms with Crippen molar-refractivity contribution in [3.05, 3.63) is 77.5 Å². The maximum Gasteiger partial charge on any atom is 0.283 e. The molecule has 0 atom stereocenters. The molecule has 0 unspecified atom stereocenters. The molecule has 0 fully saturated rings. The molecule has 116 valence electrons. The first kappa shape index (κ1) is 15.0. The van der Waals surface area contributed by atoms with Gasteiger partial charge in [-0.1, -0.05) is 60.2 Å². The van der Waals surface area contributed by atoms with Gasteiger partial charge in [-0.25, -0.2) is 5.84 Å². The lowest BCUT2D eigenvalue weighted by Crippen LogP contribution is -2.32.